The van der Waals surface area contributed by atoms with Gasteiger partial charge in [-0.3, -0.25) is 0 Å². The molecule has 1 aromatic carbocycles. The van der Waals surface area contributed by atoms with Crippen molar-refractivity contribution in [3.05, 3.63) is 22.4 Å². The second kappa shape index (κ2) is 5.59. The molecule has 0 unspecified atom stereocenters. The molecule has 0 heterocycles. The molecule has 1 aromatic rings. The Hall–Kier alpha value is -0.700. The third kappa shape index (κ3) is 3.30. The zero-order valence-corrected chi connectivity index (χ0v) is 13.1. The standard InChI is InChI=1S/C12H16BrFN2O3S/c13-8-5-9(14)11(6-10(8)15)20(18,19)16-7-12(1-2-12)3-4-17/h5-6,16-17H,1-4,7,15H2. The predicted molar refractivity (Wildman–Crippen MR) is 77.1 cm³/mol. The first-order valence-corrected chi connectivity index (χ1v) is 8.42. The fraction of sp³-hybridized carbons (Fsp3) is 0.500. The highest BCUT2D eigenvalue weighted by molar-refractivity contribution is 9.10. The number of benzene rings is 1. The van der Waals surface area contributed by atoms with Crippen molar-refractivity contribution in [1.82, 2.24) is 4.72 Å². The van der Waals surface area contributed by atoms with Crippen molar-refractivity contribution < 1.29 is 17.9 Å². The van der Waals surface area contributed by atoms with Crippen LogP contribution in [0.1, 0.15) is 19.3 Å². The quantitative estimate of drug-likeness (QED) is 0.666. The summed E-state index contributed by atoms with van der Waals surface area (Å²) < 4.78 is 40.7. The molecule has 0 atom stereocenters. The Morgan fingerprint density at radius 3 is 2.65 bits per heavy atom. The molecule has 0 bridgehead atoms. The van der Waals surface area contributed by atoms with E-state index >= 15 is 0 Å². The van der Waals surface area contributed by atoms with Gasteiger partial charge in [-0.1, -0.05) is 0 Å². The van der Waals surface area contributed by atoms with Crippen molar-refractivity contribution in [3.8, 4) is 0 Å². The highest BCUT2D eigenvalue weighted by Crippen LogP contribution is 2.48. The number of hydrogen-bond acceptors (Lipinski definition) is 4. The molecular formula is C12H16BrFN2O3S. The number of rotatable bonds is 6. The molecule has 0 amide bonds. The lowest BCUT2D eigenvalue weighted by molar-refractivity contribution is 0.249. The lowest BCUT2D eigenvalue weighted by Crippen LogP contribution is -2.31. The SMILES string of the molecule is Nc1cc(S(=O)(=O)NCC2(CCO)CC2)c(F)cc1Br. The number of aliphatic hydroxyl groups excluding tert-OH is 1. The lowest BCUT2D eigenvalue weighted by atomic mass is 10.0. The lowest BCUT2D eigenvalue weighted by Gasteiger charge is -2.15. The molecule has 0 saturated heterocycles. The van der Waals surface area contributed by atoms with E-state index in [9.17, 15) is 12.8 Å². The first-order chi connectivity index (χ1) is 9.30. The predicted octanol–water partition coefficient (Wildman–Crippen LogP) is 1.61. The minimum Gasteiger partial charge on any atom is -0.398 e. The van der Waals surface area contributed by atoms with Crippen LogP contribution in [0.3, 0.4) is 0 Å². The van der Waals surface area contributed by atoms with Crippen LogP contribution in [0.15, 0.2) is 21.5 Å². The molecule has 0 spiro atoms. The summed E-state index contributed by atoms with van der Waals surface area (Å²) in [6, 6.07) is 2.12. The van der Waals surface area contributed by atoms with E-state index in [1.54, 1.807) is 0 Å². The van der Waals surface area contributed by atoms with Gasteiger partial charge in [-0.25, -0.2) is 17.5 Å². The van der Waals surface area contributed by atoms with E-state index in [2.05, 4.69) is 20.7 Å². The summed E-state index contributed by atoms with van der Waals surface area (Å²) in [6.45, 7) is 0.215. The van der Waals surface area contributed by atoms with Crippen LogP contribution >= 0.6 is 15.9 Å². The second-order valence-corrected chi connectivity index (χ2v) is 7.69. The van der Waals surface area contributed by atoms with Gasteiger partial charge in [0.05, 0.1) is 0 Å². The summed E-state index contributed by atoms with van der Waals surface area (Å²) in [7, 11) is -3.95. The van der Waals surface area contributed by atoms with Gasteiger partial charge in [-0.05, 0) is 52.7 Å². The summed E-state index contributed by atoms with van der Waals surface area (Å²) >= 11 is 3.04. The van der Waals surface area contributed by atoms with Gasteiger partial charge in [0.1, 0.15) is 10.7 Å². The summed E-state index contributed by atoms with van der Waals surface area (Å²) in [5, 5.41) is 8.94. The van der Waals surface area contributed by atoms with Gasteiger partial charge in [0, 0.05) is 23.3 Å². The van der Waals surface area contributed by atoms with Crippen molar-refractivity contribution in [2.75, 3.05) is 18.9 Å². The first kappa shape index (κ1) is 15.7. The molecular weight excluding hydrogens is 351 g/mol. The highest BCUT2D eigenvalue weighted by Gasteiger charge is 2.42. The number of anilines is 1. The molecule has 112 valence electrons. The third-order valence-corrected chi connectivity index (χ3v) is 5.68. The Balaban J connectivity index is 2.17. The van der Waals surface area contributed by atoms with Crippen molar-refractivity contribution in [2.45, 2.75) is 24.2 Å². The normalized spacial score (nSPS) is 17.1. The van der Waals surface area contributed by atoms with E-state index in [1.165, 1.54) is 0 Å². The molecule has 1 fully saturated rings. The monoisotopic (exact) mass is 366 g/mol. The van der Waals surface area contributed by atoms with Crippen molar-refractivity contribution in [3.63, 3.8) is 0 Å². The van der Waals surface area contributed by atoms with Crippen LogP contribution in [0.5, 0.6) is 0 Å². The maximum absolute atomic E-state index is 13.8. The summed E-state index contributed by atoms with van der Waals surface area (Å²) in [5.41, 5.74) is 5.56. The van der Waals surface area contributed by atoms with E-state index in [0.29, 0.717) is 10.9 Å². The maximum Gasteiger partial charge on any atom is 0.243 e. The minimum atomic E-state index is -3.95. The van der Waals surface area contributed by atoms with Crippen LogP contribution in [0, 0.1) is 11.2 Å². The zero-order valence-electron chi connectivity index (χ0n) is 10.7. The Morgan fingerprint density at radius 1 is 1.45 bits per heavy atom. The molecule has 8 heteroatoms. The van der Waals surface area contributed by atoms with Crippen LogP contribution in [0.2, 0.25) is 0 Å². The smallest absolute Gasteiger partial charge is 0.243 e. The van der Waals surface area contributed by atoms with Crippen molar-refractivity contribution in [2.24, 2.45) is 5.41 Å². The van der Waals surface area contributed by atoms with Gasteiger partial charge < -0.3 is 10.8 Å². The third-order valence-electron chi connectivity index (χ3n) is 3.58. The topological polar surface area (TPSA) is 92.4 Å². The Bertz CT molecular complexity index is 617. The first-order valence-electron chi connectivity index (χ1n) is 6.15. The van der Waals surface area contributed by atoms with E-state index in [1.807, 2.05) is 0 Å². The number of hydrogen-bond donors (Lipinski definition) is 3. The number of nitrogens with two attached hydrogens (primary N) is 1. The van der Waals surface area contributed by atoms with Crippen LogP contribution < -0.4 is 10.5 Å². The fourth-order valence-electron chi connectivity index (χ4n) is 2.01. The maximum atomic E-state index is 13.8. The van der Waals surface area contributed by atoms with Crippen LogP contribution in [-0.2, 0) is 10.0 Å². The molecule has 4 N–H and O–H groups in total. The minimum absolute atomic E-state index is 0.0152. The van der Waals surface area contributed by atoms with E-state index < -0.39 is 20.7 Å². The van der Waals surface area contributed by atoms with Gasteiger partial charge >= 0.3 is 0 Å². The summed E-state index contributed by atoms with van der Waals surface area (Å²) in [5.74, 6) is -0.856. The molecule has 0 aliphatic heterocycles. The van der Waals surface area contributed by atoms with Crippen molar-refractivity contribution >= 4 is 31.6 Å². The van der Waals surface area contributed by atoms with Gasteiger partial charge in [-0.2, -0.15) is 0 Å². The van der Waals surface area contributed by atoms with Crippen LogP contribution in [-0.4, -0.2) is 26.7 Å². The fourth-order valence-corrected chi connectivity index (χ4v) is 3.57. The second-order valence-electron chi connectivity index (χ2n) is 5.10. The largest absolute Gasteiger partial charge is 0.398 e. The zero-order chi connectivity index (χ0) is 15.0. The molecule has 0 aromatic heterocycles. The van der Waals surface area contributed by atoms with Crippen LogP contribution in [0.25, 0.3) is 0 Å². The van der Waals surface area contributed by atoms with E-state index in [4.69, 9.17) is 10.8 Å². The summed E-state index contributed by atoms with van der Waals surface area (Å²) in [4.78, 5) is -0.460. The number of halogens is 2. The Labute approximate surface area is 125 Å². The van der Waals surface area contributed by atoms with Gasteiger partial charge in [0.2, 0.25) is 10.0 Å². The Morgan fingerprint density at radius 2 is 2.10 bits per heavy atom. The number of aliphatic hydroxyl groups is 1. The number of nitrogens with one attached hydrogen (secondary N) is 1. The molecule has 1 aliphatic carbocycles. The molecule has 2 rings (SSSR count). The number of sulfonamides is 1. The molecule has 5 nitrogen and oxygen atoms in total. The van der Waals surface area contributed by atoms with Gasteiger partial charge in [-0.15, -0.1) is 0 Å². The highest BCUT2D eigenvalue weighted by atomic mass is 79.9. The molecule has 20 heavy (non-hydrogen) atoms. The average molecular weight is 367 g/mol. The van der Waals surface area contributed by atoms with Gasteiger partial charge in [0.25, 0.3) is 0 Å². The van der Waals surface area contributed by atoms with E-state index in [0.717, 1.165) is 25.0 Å². The Kier molecular flexibility index (Phi) is 4.38. The molecule has 0 radical (unpaired) electrons. The van der Waals surface area contributed by atoms with Crippen molar-refractivity contribution in [1.29, 1.82) is 0 Å². The van der Waals surface area contributed by atoms with Crippen LogP contribution in [0.4, 0.5) is 10.1 Å². The summed E-state index contributed by atoms with van der Waals surface area (Å²) in [6.07, 6.45) is 2.27. The number of nitrogen functional groups attached to an aromatic ring is 1. The molecule has 1 aliphatic rings. The van der Waals surface area contributed by atoms with E-state index in [-0.39, 0.29) is 24.3 Å². The van der Waals surface area contributed by atoms with Gasteiger partial charge in [0.15, 0.2) is 0 Å². The molecule has 1 saturated carbocycles. The average Bonchev–Trinajstić information content (AvgIpc) is 3.12.